The van der Waals surface area contributed by atoms with Gasteiger partial charge in [-0.1, -0.05) is 12.1 Å². The van der Waals surface area contributed by atoms with Gasteiger partial charge in [-0.15, -0.1) is 11.3 Å². The van der Waals surface area contributed by atoms with Crippen molar-refractivity contribution in [2.45, 2.75) is 13.8 Å². The van der Waals surface area contributed by atoms with Gasteiger partial charge in [0.15, 0.2) is 5.76 Å². The number of hydrogen-bond donors (Lipinski definition) is 0. The van der Waals surface area contributed by atoms with Gasteiger partial charge in [0.2, 0.25) is 0 Å². The average Bonchev–Trinajstić information content (AvgIpc) is 3.52. The molecule has 1 aliphatic rings. The van der Waals surface area contributed by atoms with Crippen molar-refractivity contribution in [3.63, 3.8) is 0 Å². The van der Waals surface area contributed by atoms with E-state index in [4.69, 9.17) is 4.42 Å². The van der Waals surface area contributed by atoms with E-state index in [0.717, 1.165) is 27.2 Å². The van der Waals surface area contributed by atoms with Crippen LogP contribution in [0.3, 0.4) is 0 Å². The number of fused-ring (bicyclic) bond motifs is 1. The minimum Gasteiger partial charge on any atom is -0.459 e. The number of aryl methyl sites for hydroxylation is 2. The molecule has 31 heavy (non-hydrogen) atoms. The Morgan fingerprint density at radius 1 is 0.968 bits per heavy atom. The normalized spacial score (nSPS) is 14.4. The summed E-state index contributed by atoms with van der Waals surface area (Å²) < 4.78 is 7.12. The molecule has 5 rings (SSSR count). The molecule has 1 aromatic carbocycles. The minimum atomic E-state index is -0.132. The Hall–Kier alpha value is -3.39. The standard InChI is InChI=1S/C23H22N4O3S/c1-15-5-3-6-17(13-15)27-23-18(16(2)24-27)14-20(31-23)22(29)26-10-8-25(9-11-26)21(28)19-7-4-12-30-19/h3-7,12-14H,8-11H2,1-2H3. The van der Waals surface area contributed by atoms with Crippen molar-refractivity contribution in [2.24, 2.45) is 0 Å². The van der Waals surface area contributed by atoms with E-state index in [-0.39, 0.29) is 11.8 Å². The van der Waals surface area contributed by atoms with E-state index in [2.05, 4.69) is 24.2 Å². The number of benzene rings is 1. The first-order valence-electron chi connectivity index (χ1n) is 10.2. The van der Waals surface area contributed by atoms with Crippen LogP contribution >= 0.6 is 11.3 Å². The van der Waals surface area contributed by atoms with Crippen LogP contribution in [0.1, 0.15) is 31.5 Å². The van der Waals surface area contributed by atoms with E-state index in [1.165, 1.54) is 17.6 Å². The lowest BCUT2D eigenvalue weighted by Crippen LogP contribution is -2.50. The summed E-state index contributed by atoms with van der Waals surface area (Å²) in [5, 5.41) is 5.68. The van der Waals surface area contributed by atoms with Gasteiger partial charge in [-0.05, 0) is 49.7 Å². The number of furan rings is 1. The fourth-order valence-electron chi connectivity index (χ4n) is 3.91. The summed E-state index contributed by atoms with van der Waals surface area (Å²) in [7, 11) is 0. The molecule has 4 aromatic rings. The van der Waals surface area contributed by atoms with E-state index in [1.807, 2.05) is 34.7 Å². The Balaban J connectivity index is 1.35. The predicted molar refractivity (Wildman–Crippen MR) is 119 cm³/mol. The summed E-state index contributed by atoms with van der Waals surface area (Å²) in [4.78, 5) is 30.8. The summed E-state index contributed by atoms with van der Waals surface area (Å²) in [6.07, 6.45) is 1.49. The molecule has 4 heterocycles. The second-order valence-corrected chi connectivity index (χ2v) is 8.76. The predicted octanol–water partition coefficient (Wildman–Crippen LogP) is 3.90. The van der Waals surface area contributed by atoms with Crippen molar-refractivity contribution in [1.82, 2.24) is 19.6 Å². The van der Waals surface area contributed by atoms with Crippen LogP contribution in [0.5, 0.6) is 0 Å². The Morgan fingerprint density at radius 2 is 1.71 bits per heavy atom. The molecule has 2 amide bonds. The molecule has 158 valence electrons. The molecule has 0 radical (unpaired) electrons. The number of aromatic nitrogens is 2. The first-order valence-corrected chi connectivity index (χ1v) is 11.0. The number of amides is 2. The van der Waals surface area contributed by atoms with Gasteiger partial charge in [0.1, 0.15) is 4.83 Å². The smallest absolute Gasteiger partial charge is 0.289 e. The molecule has 0 atom stereocenters. The summed E-state index contributed by atoms with van der Waals surface area (Å²) in [5.41, 5.74) is 3.05. The highest BCUT2D eigenvalue weighted by Crippen LogP contribution is 2.31. The zero-order chi connectivity index (χ0) is 21.5. The molecule has 0 N–H and O–H groups in total. The van der Waals surface area contributed by atoms with Gasteiger partial charge in [0.05, 0.1) is 22.5 Å². The Kier molecular flexibility index (Phi) is 4.86. The molecular formula is C23H22N4O3S. The van der Waals surface area contributed by atoms with Crippen molar-refractivity contribution in [3.05, 3.63) is 70.6 Å². The van der Waals surface area contributed by atoms with E-state index >= 15 is 0 Å². The third-order valence-corrected chi connectivity index (χ3v) is 6.69. The topological polar surface area (TPSA) is 71.6 Å². The van der Waals surface area contributed by atoms with Crippen LogP contribution in [0.4, 0.5) is 0 Å². The fourth-order valence-corrected chi connectivity index (χ4v) is 5.06. The largest absolute Gasteiger partial charge is 0.459 e. The molecule has 8 heteroatoms. The number of carbonyl (C=O) groups excluding carboxylic acids is 2. The summed E-state index contributed by atoms with van der Waals surface area (Å²) >= 11 is 1.47. The second-order valence-electron chi connectivity index (χ2n) is 7.73. The SMILES string of the molecule is Cc1cccc(-n2nc(C)c3cc(C(=O)N4CCN(C(=O)c5ccco5)CC4)sc32)c1. The molecule has 0 aliphatic carbocycles. The summed E-state index contributed by atoms with van der Waals surface area (Å²) in [5.74, 6) is 0.204. The van der Waals surface area contributed by atoms with Crippen LogP contribution in [0.2, 0.25) is 0 Å². The maximum atomic E-state index is 13.2. The lowest BCUT2D eigenvalue weighted by Gasteiger charge is -2.34. The molecule has 0 bridgehead atoms. The van der Waals surface area contributed by atoms with Gasteiger partial charge in [-0.25, -0.2) is 4.68 Å². The van der Waals surface area contributed by atoms with Crippen LogP contribution in [-0.2, 0) is 0 Å². The lowest BCUT2D eigenvalue weighted by atomic mass is 10.2. The Labute approximate surface area is 183 Å². The van der Waals surface area contributed by atoms with Crippen molar-refractivity contribution < 1.29 is 14.0 Å². The fraction of sp³-hybridized carbons (Fsp3) is 0.261. The third kappa shape index (κ3) is 3.53. The van der Waals surface area contributed by atoms with E-state index in [9.17, 15) is 9.59 Å². The Morgan fingerprint density at radius 3 is 2.39 bits per heavy atom. The van der Waals surface area contributed by atoms with Gasteiger partial charge in [-0.3, -0.25) is 9.59 Å². The van der Waals surface area contributed by atoms with Crippen LogP contribution in [0, 0.1) is 13.8 Å². The molecule has 1 saturated heterocycles. The molecule has 1 aliphatic heterocycles. The van der Waals surface area contributed by atoms with Crippen molar-refractivity contribution >= 4 is 33.4 Å². The van der Waals surface area contributed by atoms with Crippen LogP contribution < -0.4 is 0 Å². The molecule has 1 fully saturated rings. The number of carbonyl (C=O) groups is 2. The molecule has 7 nitrogen and oxygen atoms in total. The number of rotatable bonds is 3. The maximum Gasteiger partial charge on any atom is 0.289 e. The molecule has 0 spiro atoms. The first-order chi connectivity index (χ1) is 15.0. The zero-order valence-corrected chi connectivity index (χ0v) is 18.2. The van der Waals surface area contributed by atoms with Crippen LogP contribution in [-0.4, -0.2) is 57.6 Å². The third-order valence-electron chi connectivity index (χ3n) is 5.59. The average molecular weight is 435 g/mol. The monoisotopic (exact) mass is 434 g/mol. The van der Waals surface area contributed by atoms with Gasteiger partial charge in [0.25, 0.3) is 11.8 Å². The first kappa shape index (κ1) is 19.6. The van der Waals surface area contributed by atoms with Crippen LogP contribution in [0.15, 0.2) is 53.1 Å². The van der Waals surface area contributed by atoms with Gasteiger partial charge in [0, 0.05) is 31.6 Å². The van der Waals surface area contributed by atoms with Gasteiger partial charge >= 0.3 is 0 Å². The van der Waals surface area contributed by atoms with Gasteiger partial charge in [-0.2, -0.15) is 5.10 Å². The summed E-state index contributed by atoms with van der Waals surface area (Å²) in [6, 6.07) is 13.5. The number of nitrogens with zero attached hydrogens (tertiary/aromatic N) is 4. The van der Waals surface area contributed by atoms with Crippen molar-refractivity contribution in [3.8, 4) is 5.69 Å². The summed E-state index contributed by atoms with van der Waals surface area (Å²) in [6.45, 7) is 6.01. The Bertz CT molecular complexity index is 1260. The number of piperazine rings is 1. The van der Waals surface area contributed by atoms with Crippen molar-refractivity contribution in [2.75, 3.05) is 26.2 Å². The lowest BCUT2D eigenvalue weighted by molar-refractivity contribution is 0.0520. The zero-order valence-electron chi connectivity index (χ0n) is 17.4. The molecule has 0 unspecified atom stereocenters. The van der Waals surface area contributed by atoms with E-state index in [0.29, 0.717) is 36.8 Å². The molecule has 0 saturated carbocycles. The van der Waals surface area contributed by atoms with Crippen molar-refractivity contribution in [1.29, 1.82) is 0 Å². The van der Waals surface area contributed by atoms with E-state index < -0.39 is 0 Å². The number of thiophene rings is 1. The highest BCUT2D eigenvalue weighted by atomic mass is 32.1. The molecular weight excluding hydrogens is 412 g/mol. The quantitative estimate of drug-likeness (QED) is 0.490. The van der Waals surface area contributed by atoms with E-state index in [1.54, 1.807) is 17.0 Å². The highest BCUT2D eigenvalue weighted by molar-refractivity contribution is 7.20. The van der Waals surface area contributed by atoms with Crippen LogP contribution in [0.25, 0.3) is 15.9 Å². The van der Waals surface area contributed by atoms with Gasteiger partial charge < -0.3 is 14.2 Å². The maximum absolute atomic E-state index is 13.2. The molecule has 3 aromatic heterocycles. The second kappa shape index (κ2) is 7.70. The minimum absolute atomic E-state index is 0.00138. The highest BCUT2D eigenvalue weighted by Gasteiger charge is 2.28. The number of hydrogen-bond acceptors (Lipinski definition) is 5.